The van der Waals surface area contributed by atoms with Crippen LogP contribution in [0.4, 0.5) is 0 Å². The van der Waals surface area contributed by atoms with Crippen LogP contribution in [-0.2, 0) is 16.1 Å². The van der Waals surface area contributed by atoms with Crippen LogP contribution in [0.1, 0.15) is 56.9 Å². The van der Waals surface area contributed by atoms with Crippen LogP contribution in [-0.4, -0.2) is 17.0 Å². The van der Waals surface area contributed by atoms with E-state index in [1.165, 1.54) is 32.1 Å². The number of pyridine rings is 1. The first-order valence-electron chi connectivity index (χ1n) is 8.29. The van der Waals surface area contributed by atoms with Crippen molar-refractivity contribution < 1.29 is 9.53 Å². The monoisotopic (exact) mass is 394 g/mol. The van der Waals surface area contributed by atoms with E-state index in [1.807, 2.05) is 0 Å². The van der Waals surface area contributed by atoms with E-state index in [0.29, 0.717) is 12.0 Å². The molecule has 1 aliphatic carbocycles. The summed E-state index contributed by atoms with van der Waals surface area (Å²) in [4.78, 5) is 15.8. The third-order valence-electron chi connectivity index (χ3n) is 4.36. The molecular formula is C17H25Cl3N2O2. The Labute approximate surface area is 159 Å². The molecule has 0 saturated heterocycles. The van der Waals surface area contributed by atoms with Gasteiger partial charge in [-0.1, -0.05) is 68.1 Å². The topological polar surface area (TPSA) is 65.2 Å². The molecule has 0 unspecified atom stereocenters. The van der Waals surface area contributed by atoms with E-state index in [9.17, 15) is 4.79 Å². The van der Waals surface area contributed by atoms with Gasteiger partial charge < -0.3 is 10.5 Å². The summed E-state index contributed by atoms with van der Waals surface area (Å²) in [6.45, 7) is 0.108. The largest absolute Gasteiger partial charge is 0.460 e. The van der Waals surface area contributed by atoms with Crippen LogP contribution in [0.2, 0.25) is 10.3 Å². The average Bonchev–Trinajstić information content (AvgIpc) is 2.52. The first-order valence-corrected chi connectivity index (χ1v) is 9.04. The molecule has 0 bridgehead atoms. The average molecular weight is 396 g/mol. The van der Waals surface area contributed by atoms with Crippen LogP contribution < -0.4 is 5.73 Å². The summed E-state index contributed by atoms with van der Waals surface area (Å²) in [7, 11) is 0. The zero-order valence-electron chi connectivity index (χ0n) is 13.7. The van der Waals surface area contributed by atoms with Crippen molar-refractivity contribution in [1.82, 2.24) is 4.98 Å². The van der Waals surface area contributed by atoms with Crippen LogP contribution in [0.15, 0.2) is 12.1 Å². The molecule has 2 N–H and O–H groups in total. The Kier molecular flexibility index (Phi) is 9.98. The molecule has 0 aliphatic heterocycles. The van der Waals surface area contributed by atoms with Gasteiger partial charge in [-0.05, 0) is 30.0 Å². The Morgan fingerprint density at radius 2 is 1.88 bits per heavy atom. The van der Waals surface area contributed by atoms with Crippen molar-refractivity contribution >= 4 is 41.6 Å². The number of ether oxygens (including phenoxy) is 1. The van der Waals surface area contributed by atoms with Crippen LogP contribution in [0.25, 0.3) is 0 Å². The molecule has 1 aromatic rings. The van der Waals surface area contributed by atoms with Crippen LogP contribution >= 0.6 is 35.6 Å². The first kappa shape index (κ1) is 21.5. The molecule has 7 heteroatoms. The lowest BCUT2D eigenvalue weighted by Gasteiger charge is -2.21. The molecule has 4 nitrogen and oxygen atoms in total. The van der Waals surface area contributed by atoms with Crippen molar-refractivity contribution in [2.45, 2.75) is 64.0 Å². The Balaban J connectivity index is 0.00000288. The number of aromatic nitrogens is 1. The number of esters is 1. The predicted octanol–water partition coefficient (Wildman–Crippen LogP) is 4.93. The molecule has 0 aromatic carbocycles. The lowest BCUT2D eigenvalue weighted by molar-refractivity contribution is -0.146. The van der Waals surface area contributed by atoms with Gasteiger partial charge >= 0.3 is 5.97 Å². The summed E-state index contributed by atoms with van der Waals surface area (Å²) in [5.74, 6) is 0.436. The van der Waals surface area contributed by atoms with Gasteiger partial charge in [-0.25, -0.2) is 4.98 Å². The number of hydrogen-bond acceptors (Lipinski definition) is 4. The summed E-state index contributed by atoms with van der Waals surface area (Å²) in [6.07, 6.45) is 9.51. The second kappa shape index (κ2) is 11.1. The zero-order valence-corrected chi connectivity index (χ0v) is 16.0. The molecule has 1 aliphatic rings. The fraction of sp³-hybridized carbons (Fsp3) is 0.647. The number of hydrogen-bond donors (Lipinski definition) is 1. The Hall–Kier alpha value is -0.550. The minimum absolute atomic E-state index is 0. The fourth-order valence-electron chi connectivity index (χ4n) is 3.08. The SMILES string of the molecule is Cl.N[C@@H](CCCC1CCCCC1)C(=O)OCc1cc(Cl)nc(Cl)c1. The van der Waals surface area contributed by atoms with E-state index >= 15 is 0 Å². The standard InChI is InChI=1S/C17H24Cl2N2O2.ClH/c18-15-9-13(10-16(19)21-15)11-23-17(22)14(20)8-4-7-12-5-2-1-3-6-12;/h9-10,12,14H,1-8,11,20H2;1H/t14-;/m0./s1. The molecular weight excluding hydrogens is 371 g/mol. The number of rotatable bonds is 7. The van der Waals surface area contributed by atoms with Crippen molar-refractivity contribution in [1.29, 1.82) is 0 Å². The van der Waals surface area contributed by atoms with Gasteiger partial charge in [0, 0.05) is 0 Å². The van der Waals surface area contributed by atoms with Gasteiger partial charge in [0.15, 0.2) is 0 Å². The molecule has 2 rings (SSSR count). The Morgan fingerprint density at radius 1 is 1.25 bits per heavy atom. The van der Waals surface area contributed by atoms with Gasteiger partial charge in [0.05, 0.1) is 0 Å². The van der Waals surface area contributed by atoms with Crippen molar-refractivity contribution in [3.63, 3.8) is 0 Å². The maximum atomic E-state index is 11.9. The molecule has 1 fully saturated rings. The number of nitrogens with zero attached hydrogens (tertiary/aromatic N) is 1. The normalized spacial score (nSPS) is 16.3. The Morgan fingerprint density at radius 3 is 2.50 bits per heavy atom. The highest BCUT2D eigenvalue weighted by Gasteiger charge is 2.17. The van der Waals surface area contributed by atoms with Gasteiger partial charge in [-0.3, -0.25) is 4.79 Å². The lowest BCUT2D eigenvalue weighted by Crippen LogP contribution is -2.32. The fourth-order valence-corrected chi connectivity index (χ4v) is 3.58. The van der Waals surface area contributed by atoms with Gasteiger partial charge in [-0.15, -0.1) is 12.4 Å². The number of carbonyl (C=O) groups excluding carboxylic acids is 1. The molecule has 0 spiro atoms. The van der Waals surface area contributed by atoms with Crippen molar-refractivity contribution in [2.24, 2.45) is 11.7 Å². The van der Waals surface area contributed by atoms with Crippen molar-refractivity contribution in [3.05, 3.63) is 28.0 Å². The van der Waals surface area contributed by atoms with E-state index in [-0.39, 0.29) is 35.3 Å². The maximum absolute atomic E-state index is 11.9. The highest BCUT2D eigenvalue weighted by atomic mass is 35.5. The summed E-state index contributed by atoms with van der Waals surface area (Å²) in [5, 5.41) is 0.556. The maximum Gasteiger partial charge on any atom is 0.323 e. The molecule has 1 heterocycles. The molecule has 1 saturated carbocycles. The van der Waals surface area contributed by atoms with Crippen molar-refractivity contribution in [3.8, 4) is 0 Å². The zero-order chi connectivity index (χ0) is 16.7. The summed E-state index contributed by atoms with van der Waals surface area (Å²) < 4.78 is 5.23. The van der Waals surface area contributed by atoms with E-state index < -0.39 is 6.04 Å². The Bertz CT molecular complexity index is 502. The van der Waals surface area contributed by atoms with Gasteiger partial charge in [0.1, 0.15) is 23.0 Å². The predicted molar refractivity (Wildman–Crippen MR) is 99.7 cm³/mol. The summed E-state index contributed by atoms with van der Waals surface area (Å²) in [5.41, 5.74) is 6.62. The van der Waals surface area contributed by atoms with E-state index in [1.54, 1.807) is 12.1 Å². The smallest absolute Gasteiger partial charge is 0.323 e. The van der Waals surface area contributed by atoms with Gasteiger partial charge in [0.25, 0.3) is 0 Å². The number of carbonyl (C=O) groups is 1. The van der Waals surface area contributed by atoms with Crippen LogP contribution in [0.5, 0.6) is 0 Å². The molecule has 1 atom stereocenters. The molecule has 1 aromatic heterocycles. The quantitative estimate of drug-likeness (QED) is 0.525. The molecule has 0 radical (unpaired) electrons. The summed E-state index contributed by atoms with van der Waals surface area (Å²) >= 11 is 11.6. The van der Waals surface area contributed by atoms with Gasteiger partial charge in [-0.2, -0.15) is 0 Å². The van der Waals surface area contributed by atoms with Crippen LogP contribution in [0, 0.1) is 5.92 Å². The number of halogens is 3. The first-order chi connectivity index (χ1) is 11.0. The van der Waals surface area contributed by atoms with Crippen molar-refractivity contribution in [2.75, 3.05) is 0 Å². The second-order valence-electron chi connectivity index (χ2n) is 6.27. The summed E-state index contributed by atoms with van der Waals surface area (Å²) in [6, 6.07) is 2.68. The molecule has 24 heavy (non-hydrogen) atoms. The van der Waals surface area contributed by atoms with E-state index in [4.69, 9.17) is 33.7 Å². The molecule has 136 valence electrons. The van der Waals surface area contributed by atoms with Crippen LogP contribution in [0.3, 0.4) is 0 Å². The van der Waals surface area contributed by atoms with E-state index in [2.05, 4.69) is 4.98 Å². The lowest BCUT2D eigenvalue weighted by atomic mass is 9.85. The minimum atomic E-state index is -0.564. The van der Waals surface area contributed by atoms with E-state index in [0.717, 1.165) is 18.8 Å². The number of nitrogens with two attached hydrogens (primary N) is 1. The van der Waals surface area contributed by atoms with Gasteiger partial charge in [0.2, 0.25) is 0 Å². The highest BCUT2D eigenvalue weighted by Crippen LogP contribution is 2.27. The molecule has 0 amide bonds. The highest BCUT2D eigenvalue weighted by molar-refractivity contribution is 6.32. The minimum Gasteiger partial charge on any atom is -0.460 e. The third kappa shape index (κ3) is 7.56. The second-order valence-corrected chi connectivity index (χ2v) is 7.04. The third-order valence-corrected chi connectivity index (χ3v) is 4.75.